The highest BCUT2D eigenvalue weighted by molar-refractivity contribution is 5.27. The van der Waals surface area contributed by atoms with Gasteiger partial charge in [0.2, 0.25) is 0 Å². The van der Waals surface area contributed by atoms with Gasteiger partial charge in [-0.2, -0.15) is 0 Å². The zero-order valence-electron chi connectivity index (χ0n) is 9.45. The van der Waals surface area contributed by atoms with E-state index < -0.39 is 5.82 Å². The molecule has 1 aromatic carbocycles. The average Bonchev–Trinajstić information content (AvgIpc) is 2.23. The van der Waals surface area contributed by atoms with Crippen molar-refractivity contribution in [3.05, 3.63) is 34.9 Å². The third-order valence-corrected chi connectivity index (χ3v) is 2.68. The standard InChI is InChI=1S/C13H18F2/c1-3-5-6-7-11-12(14)9-8-10(4-2)13(11)15/h8-9H,3-7H2,1-2H3. The molecule has 0 aliphatic heterocycles. The Balaban J connectivity index is 2.84. The van der Waals surface area contributed by atoms with Gasteiger partial charge in [-0.25, -0.2) is 8.78 Å². The van der Waals surface area contributed by atoms with E-state index in [1.54, 1.807) is 0 Å². The fourth-order valence-electron chi connectivity index (χ4n) is 1.70. The van der Waals surface area contributed by atoms with Crippen LogP contribution in [0.4, 0.5) is 8.78 Å². The Bertz CT molecular complexity index is 319. The Morgan fingerprint density at radius 1 is 1.07 bits per heavy atom. The second-order valence-corrected chi connectivity index (χ2v) is 3.81. The van der Waals surface area contributed by atoms with Crippen LogP contribution in [-0.2, 0) is 12.8 Å². The Hall–Kier alpha value is -0.920. The third kappa shape index (κ3) is 3.01. The lowest BCUT2D eigenvalue weighted by Crippen LogP contribution is -2.00. The first-order valence-electron chi connectivity index (χ1n) is 5.66. The number of unbranched alkanes of at least 4 members (excludes halogenated alkanes) is 2. The molecular weight excluding hydrogens is 194 g/mol. The number of hydrogen-bond acceptors (Lipinski definition) is 0. The van der Waals surface area contributed by atoms with Crippen molar-refractivity contribution in [1.82, 2.24) is 0 Å². The quantitative estimate of drug-likeness (QED) is 0.640. The Labute approximate surface area is 90.3 Å². The van der Waals surface area contributed by atoms with Crippen molar-refractivity contribution in [2.45, 2.75) is 46.0 Å². The summed E-state index contributed by atoms with van der Waals surface area (Å²) in [5.41, 5.74) is 0.880. The Morgan fingerprint density at radius 3 is 2.40 bits per heavy atom. The van der Waals surface area contributed by atoms with Crippen LogP contribution in [-0.4, -0.2) is 0 Å². The summed E-state index contributed by atoms with van der Waals surface area (Å²) in [6, 6.07) is 2.91. The molecular formula is C13H18F2. The maximum absolute atomic E-state index is 13.7. The van der Waals surface area contributed by atoms with Crippen LogP contribution in [0.1, 0.15) is 44.2 Å². The van der Waals surface area contributed by atoms with Gasteiger partial charge in [0.25, 0.3) is 0 Å². The Kier molecular flexibility index (Phi) is 4.73. The van der Waals surface area contributed by atoms with Gasteiger partial charge >= 0.3 is 0 Å². The van der Waals surface area contributed by atoms with Crippen molar-refractivity contribution in [1.29, 1.82) is 0 Å². The molecule has 15 heavy (non-hydrogen) atoms. The minimum Gasteiger partial charge on any atom is -0.207 e. The minimum atomic E-state index is -0.402. The maximum Gasteiger partial charge on any atom is 0.132 e. The number of aryl methyl sites for hydroxylation is 1. The number of hydrogen-bond donors (Lipinski definition) is 0. The molecule has 0 unspecified atom stereocenters. The second kappa shape index (κ2) is 5.84. The van der Waals surface area contributed by atoms with Gasteiger partial charge in [-0.1, -0.05) is 32.8 Å². The van der Waals surface area contributed by atoms with Gasteiger partial charge < -0.3 is 0 Å². The molecule has 2 heteroatoms. The smallest absolute Gasteiger partial charge is 0.132 e. The van der Waals surface area contributed by atoms with E-state index in [2.05, 4.69) is 6.92 Å². The van der Waals surface area contributed by atoms with E-state index >= 15 is 0 Å². The highest BCUT2D eigenvalue weighted by Crippen LogP contribution is 2.19. The van der Waals surface area contributed by atoms with Crippen LogP contribution in [0.3, 0.4) is 0 Å². The van der Waals surface area contributed by atoms with Gasteiger partial charge in [0.15, 0.2) is 0 Å². The lowest BCUT2D eigenvalue weighted by Gasteiger charge is -2.08. The SMILES string of the molecule is CCCCCc1c(F)ccc(CC)c1F. The summed E-state index contributed by atoms with van der Waals surface area (Å²) in [5.74, 6) is -0.741. The van der Waals surface area contributed by atoms with Crippen LogP contribution < -0.4 is 0 Å². The van der Waals surface area contributed by atoms with E-state index in [0.717, 1.165) is 19.3 Å². The molecule has 0 aromatic heterocycles. The number of benzene rings is 1. The molecule has 0 amide bonds. The molecule has 1 rings (SSSR count). The number of rotatable bonds is 5. The van der Waals surface area contributed by atoms with Crippen LogP contribution in [0.5, 0.6) is 0 Å². The predicted octanol–water partition coefficient (Wildman–Crippen LogP) is 4.26. The molecule has 0 radical (unpaired) electrons. The molecule has 0 saturated carbocycles. The molecule has 84 valence electrons. The van der Waals surface area contributed by atoms with Crippen LogP contribution in [0.2, 0.25) is 0 Å². The molecule has 0 aliphatic rings. The molecule has 0 aliphatic carbocycles. The van der Waals surface area contributed by atoms with Gasteiger partial charge in [0.05, 0.1) is 0 Å². The van der Waals surface area contributed by atoms with Crippen molar-refractivity contribution >= 4 is 0 Å². The number of halogens is 2. The molecule has 0 spiro atoms. The summed E-state index contributed by atoms with van der Waals surface area (Å²) in [6.45, 7) is 3.96. The topological polar surface area (TPSA) is 0 Å². The molecule has 0 N–H and O–H groups in total. The van der Waals surface area contributed by atoms with Crippen molar-refractivity contribution < 1.29 is 8.78 Å². The predicted molar refractivity (Wildman–Crippen MR) is 59.0 cm³/mol. The maximum atomic E-state index is 13.7. The average molecular weight is 212 g/mol. The van der Waals surface area contributed by atoms with Crippen LogP contribution >= 0.6 is 0 Å². The fourth-order valence-corrected chi connectivity index (χ4v) is 1.70. The van der Waals surface area contributed by atoms with Crippen molar-refractivity contribution in [2.24, 2.45) is 0 Å². The highest BCUT2D eigenvalue weighted by Gasteiger charge is 2.11. The first-order valence-corrected chi connectivity index (χ1v) is 5.66. The lowest BCUT2D eigenvalue weighted by atomic mass is 10.0. The summed E-state index contributed by atoms with van der Waals surface area (Å²) < 4.78 is 27.1. The molecule has 0 saturated heterocycles. The van der Waals surface area contributed by atoms with Gasteiger partial charge in [-0.3, -0.25) is 0 Å². The summed E-state index contributed by atoms with van der Waals surface area (Å²) in [5, 5.41) is 0. The van der Waals surface area contributed by atoms with E-state index in [1.807, 2.05) is 6.92 Å². The fraction of sp³-hybridized carbons (Fsp3) is 0.538. The third-order valence-electron chi connectivity index (χ3n) is 2.68. The van der Waals surface area contributed by atoms with Gasteiger partial charge in [-0.15, -0.1) is 0 Å². The van der Waals surface area contributed by atoms with E-state index in [9.17, 15) is 8.78 Å². The molecule has 1 aromatic rings. The van der Waals surface area contributed by atoms with Gasteiger partial charge in [0.1, 0.15) is 11.6 Å². The molecule has 0 heterocycles. The van der Waals surface area contributed by atoms with Crippen LogP contribution in [0.15, 0.2) is 12.1 Å². The lowest BCUT2D eigenvalue weighted by molar-refractivity contribution is 0.537. The van der Waals surface area contributed by atoms with Crippen molar-refractivity contribution in [2.75, 3.05) is 0 Å². The summed E-state index contributed by atoms with van der Waals surface area (Å²) in [6.07, 6.45) is 4.08. The first kappa shape index (κ1) is 12.2. The zero-order chi connectivity index (χ0) is 11.3. The molecule has 0 fully saturated rings. The Morgan fingerprint density at radius 2 is 1.80 bits per heavy atom. The minimum absolute atomic E-state index is 0.266. The largest absolute Gasteiger partial charge is 0.207 e. The van der Waals surface area contributed by atoms with Crippen molar-refractivity contribution in [3.8, 4) is 0 Å². The summed E-state index contributed by atoms with van der Waals surface area (Å²) in [7, 11) is 0. The highest BCUT2D eigenvalue weighted by atomic mass is 19.1. The van der Waals surface area contributed by atoms with Crippen LogP contribution in [0.25, 0.3) is 0 Å². The monoisotopic (exact) mass is 212 g/mol. The summed E-state index contributed by atoms with van der Waals surface area (Å²) >= 11 is 0. The molecule has 0 bridgehead atoms. The van der Waals surface area contributed by atoms with E-state index in [1.165, 1.54) is 12.1 Å². The van der Waals surface area contributed by atoms with E-state index in [0.29, 0.717) is 18.4 Å². The van der Waals surface area contributed by atoms with Crippen LogP contribution in [0, 0.1) is 11.6 Å². The van der Waals surface area contributed by atoms with Gasteiger partial charge in [0, 0.05) is 5.56 Å². The normalized spacial score (nSPS) is 10.7. The van der Waals surface area contributed by atoms with E-state index in [-0.39, 0.29) is 11.4 Å². The molecule has 0 atom stereocenters. The molecule has 0 nitrogen and oxygen atoms in total. The second-order valence-electron chi connectivity index (χ2n) is 3.81. The first-order chi connectivity index (χ1) is 7.20. The van der Waals surface area contributed by atoms with Gasteiger partial charge in [-0.05, 0) is 30.9 Å². The summed E-state index contributed by atoms with van der Waals surface area (Å²) in [4.78, 5) is 0. The zero-order valence-corrected chi connectivity index (χ0v) is 9.45. The van der Waals surface area contributed by atoms with E-state index in [4.69, 9.17) is 0 Å². The van der Waals surface area contributed by atoms with Crippen molar-refractivity contribution in [3.63, 3.8) is 0 Å².